The van der Waals surface area contributed by atoms with Crippen LogP contribution in [0, 0.1) is 0 Å². The molecule has 92 valence electrons. The van der Waals surface area contributed by atoms with Crippen molar-refractivity contribution in [1.82, 2.24) is 9.29 Å². The highest BCUT2D eigenvalue weighted by Gasteiger charge is 2.14. The Morgan fingerprint density at radius 1 is 1.11 bits per heavy atom. The van der Waals surface area contributed by atoms with Crippen molar-refractivity contribution in [2.75, 3.05) is 18.8 Å². The van der Waals surface area contributed by atoms with Crippen LogP contribution in [0.25, 0.3) is 11.1 Å². The van der Waals surface area contributed by atoms with E-state index in [-0.39, 0.29) is 0 Å². The number of pyridine rings is 1. The SMILES string of the molecule is Nc1cnccc1-c1ccc(SN2CCC2)cc1. The van der Waals surface area contributed by atoms with Crippen molar-refractivity contribution >= 4 is 17.6 Å². The molecule has 0 radical (unpaired) electrons. The fourth-order valence-electron chi connectivity index (χ4n) is 1.89. The normalized spacial score (nSPS) is 15.3. The summed E-state index contributed by atoms with van der Waals surface area (Å²) >= 11 is 1.83. The average molecular weight is 257 g/mol. The van der Waals surface area contributed by atoms with Gasteiger partial charge in [-0.15, -0.1) is 0 Å². The second kappa shape index (κ2) is 5.00. The lowest BCUT2D eigenvalue weighted by molar-refractivity contribution is 0.344. The maximum atomic E-state index is 5.93. The molecule has 0 atom stereocenters. The van der Waals surface area contributed by atoms with Gasteiger partial charge in [0.15, 0.2) is 0 Å². The summed E-state index contributed by atoms with van der Waals surface area (Å²) in [6.07, 6.45) is 4.78. The van der Waals surface area contributed by atoms with Crippen LogP contribution in [0.15, 0.2) is 47.6 Å². The molecule has 1 aromatic heterocycles. The lowest BCUT2D eigenvalue weighted by Gasteiger charge is -2.29. The maximum absolute atomic E-state index is 5.93. The van der Waals surface area contributed by atoms with Gasteiger partial charge in [0, 0.05) is 29.7 Å². The van der Waals surface area contributed by atoms with Gasteiger partial charge >= 0.3 is 0 Å². The van der Waals surface area contributed by atoms with E-state index in [0.717, 1.165) is 16.8 Å². The highest BCUT2D eigenvalue weighted by Crippen LogP contribution is 2.30. The highest BCUT2D eigenvalue weighted by atomic mass is 32.2. The molecule has 1 fully saturated rings. The third-order valence-corrected chi connectivity index (χ3v) is 4.17. The molecule has 0 amide bonds. The Morgan fingerprint density at radius 3 is 2.50 bits per heavy atom. The standard InChI is InChI=1S/C14H15N3S/c15-14-10-16-7-6-13(14)11-2-4-12(5-3-11)18-17-8-1-9-17/h2-7,10H,1,8-9,15H2. The predicted octanol–water partition coefficient (Wildman–Crippen LogP) is 3.04. The summed E-state index contributed by atoms with van der Waals surface area (Å²) in [5.41, 5.74) is 8.84. The molecule has 2 aromatic rings. The summed E-state index contributed by atoms with van der Waals surface area (Å²) in [5.74, 6) is 0. The van der Waals surface area contributed by atoms with Gasteiger partial charge in [-0.25, -0.2) is 4.31 Å². The summed E-state index contributed by atoms with van der Waals surface area (Å²) in [6.45, 7) is 2.40. The first-order valence-corrected chi connectivity index (χ1v) is 6.83. The van der Waals surface area contributed by atoms with Gasteiger partial charge in [0.1, 0.15) is 0 Å². The second-order valence-electron chi connectivity index (χ2n) is 4.36. The van der Waals surface area contributed by atoms with Crippen LogP contribution in [0.2, 0.25) is 0 Å². The fourth-order valence-corrected chi connectivity index (χ4v) is 2.89. The van der Waals surface area contributed by atoms with Gasteiger partial charge in [-0.3, -0.25) is 4.98 Å². The molecule has 1 aromatic carbocycles. The minimum Gasteiger partial charge on any atom is -0.397 e. The first kappa shape index (κ1) is 11.6. The van der Waals surface area contributed by atoms with Gasteiger partial charge in [0.2, 0.25) is 0 Å². The maximum Gasteiger partial charge on any atom is 0.0580 e. The molecule has 1 saturated heterocycles. The Kier molecular flexibility index (Phi) is 3.21. The van der Waals surface area contributed by atoms with Crippen molar-refractivity contribution in [3.05, 3.63) is 42.7 Å². The largest absolute Gasteiger partial charge is 0.397 e. The number of hydrogen-bond donors (Lipinski definition) is 1. The zero-order valence-corrected chi connectivity index (χ0v) is 10.9. The zero-order valence-electron chi connectivity index (χ0n) is 10.0. The van der Waals surface area contributed by atoms with Crippen molar-refractivity contribution in [3.8, 4) is 11.1 Å². The molecular formula is C14H15N3S. The monoisotopic (exact) mass is 257 g/mol. The Balaban J connectivity index is 1.80. The quantitative estimate of drug-likeness (QED) is 0.858. The number of nitrogen functional groups attached to an aromatic ring is 1. The molecule has 2 N–H and O–H groups in total. The molecule has 4 heteroatoms. The van der Waals surface area contributed by atoms with Crippen LogP contribution >= 0.6 is 11.9 Å². The van der Waals surface area contributed by atoms with E-state index in [1.807, 2.05) is 18.0 Å². The van der Waals surface area contributed by atoms with E-state index in [1.165, 1.54) is 24.4 Å². The van der Waals surface area contributed by atoms with Crippen LogP contribution in [0.5, 0.6) is 0 Å². The Morgan fingerprint density at radius 2 is 1.89 bits per heavy atom. The second-order valence-corrected chi connectivity index (χ2v) is 5.53. The van der Waals surface area contributed by atoms with Crippen LogP contribution in [0.3, 0.4) is 0 Å². The molecule has 3 nitrogen and oxygen atoms in total. The summed E-state index contributed by atoms with van der Waals surface area (Å²) in [6, 6.07) is 10.5. The smallest absolute Gasteiger partial charge is 0.0580 e. The van der Waals surface area contributed by atoms with Gasteiger partial charge in [0.05, 0.1) is 11.9 Å². The van der Waals surface area contributed by atoms with Crippen LogP contribution in [0.4, 0.5) is 5.69 Å². The first-order chi connectivity index (χ1) is 8.83. The molecule has 0 aliphatic carbocycles. The van der Waals surface area contributed by atoms with Gasteiger partial charge in [-0.1, -0.05) is 12.1 Å². The summed E-state index contributed by atoms with van der Waals surface area (Å²) in [5, 5.41) is 0. The topological polar surface area (TPSA) is 42.1 Å². The average Bonchev–Trinajstić information content (AvgIpc) is 2.35. The Hall–Kier alpha value is -1.52. The van der Waals surface area contributed by atoms with Crippen molar-refractivity contribution < 1.29 is 0 Å². The number of benzene rings is 1. The molecule has 3 rings (SSSR count). The van der Waals surface area contributed by atoms with E-state index in [0.29, 0.717) is 0 Å². The van der Waals surface area contributed by atoms with Crippen molar-refractivity contribution in [1.29, 1.82) is 0 Å². The molecule has 18 heavy (non-hydrogen) atoms. The number of nitrogens with zero attached hydrogens (tertiary/aromatic N) is 2. The van der Waals surface area contributed by atoms with E-state index in [2.05, 4.69) is 33.6 Å². The van der Waals surface area contributed by atoms with Gasteiger partial charge in [-0.05, 0) is 42.1 Å². The van der Waals surface area contributed by atoms with Gasteiger partial charge < -0.3 is 5.73 Å². The van der Waals surface area contributed by atoms with Crippen molar-refractivity contribution in [2.24, 2.45) is 0 Å². The molecule has 0 bridgehead atoms. The molecule has 0 spiro atoms. The van der Waals surface area contributed by atoms with Crippen LogP contribution in [-0.2, 0) is 0 Å². The minimum atomic E-state index is 0.723. The fraction of sp³-hybridized carbons (Fsp3) is 0.214. The van der Waals surface area contributed by atoms with Crippen LogP contribution in [-0.4, -0.2) is 22.4 Å². The number of nitrogens with two attached hydrogens (primary N) is 1. The summed E-state index contributed by atoms with van der Waals surface area (Å²) in [7, 11) is 0. The Labute approximate surface area is 111 Å². The van der Waals surface area contributed by atoms with E-state index in [9.17, 15) is 0 Å². The van der Waals surface area contributed by atoms with E-state index in [4.69, 9.17) is 5.73 Å². The van der Waals surface area contributed by atoms with Crippen molar-refractivity contribution in [3.63, 3.8) is 0 Å². The summed E-state index contributed by atoms with van der Waals surface area (Å²) < 4.78 is 2.37. The Bertz CT molecular complexity index is 535. The lowest BCUT2D eigenvalue weighted by Crippen LogP contribution is -2.30. The number of aromatic nitrogens is 1. The third kappa shape index (κ3) is 2.35. The third-order valence-electron chi connectivity index (χ3n) is 3.07. The van der Waals surface area contributed by atoms with Crippen LogP contribution < -0.4 is 5.73 Å². The molecular weight excluding hydrogens is 242 g/mol. The highest BCUT2D eigenvalue weighted by molar-refractivity contribution is 7.97. The zero-order chi connectivity index (χ0) is 12.4. The van der Waals surface area contributed by atoms with E-state index < -0.39 is 0 Å². The van der Waals surface area contributed by atoms with Gasteiger partial charge in [0.25, 0.3) is 0 Å². The van der Waals surface area contributed by atoms with Crippen molar-refractivity contribution in [2.45, 2.75) is 11.3 Å². The molecule has 0 saturated carbocycles. The summed E-state index contributed by atoms with van der Waals surface area (Å²) in [4.78, 5) is 5.29. The first-order valence-electron chi connectivity index (χ1n) is 6.06. The molecule has 0 unspecified atom stereocenters. The number of rotatable bonds is 3. The predicted molar refractivity (Wildman–Crippen MR) is 76.1 cm³/mol. The minimum absolute atomic E-state index is 0.723. The van der Waals surface area contributed by atoms with Crippen LogP contribution in [0.1, 0.15) is 6.42 Å². The molecule has 1 aliphatic heterocycles. The molecule has 2 heterocycles. The number of hydrogen-bond acceptors (Lipinski definition) is 4. The van der Waals surface area contributed by atoms with Gasteiger partial charge in [-0.2, -0.15) is 0 Å². The molecule has 1 aliphatic rings. The van der Waals surface area contributed by atoms with E-state index >= 15 is 0 Å². The lowest BCUT2D eigenvalue weighted by atomic mass is 10.1. The van der Waals surface area contributed by atoms with E-state index in [1.54, 1.807) is 12.4 Å². The number of anilines is 1.